The van der Waals surface area contributed by atoms with Crippen molar-refractivity contribution in [2.45, 2.75) is 32.8 Å². The molecule has 1 nitrogen and oxygen atoms in total. The van der Waals surface area contributed by atoms with Gasteiger partial charge in [0.1, 0.15) is 16.1 Å². The van der Waals surface area contributed by atoms with Crippen LogP contribution < -0.4 is 0 Å². The van der Waals surface area contributed by atoms with Gasteiger partial charge in [0.05, 0.1) is 0 Å². The number of hydrogen-bond donors (Lipinski definition) is 0. The molecule has 0 fully saturated rings. The van der Waals surface area contributed by atoms with Gasteiger partial charge in [-0.3, -0.25) is 0 Å². The molecule has 1 atom stereocenters. The third kappa shape index (κ3) is 3.05. The molecule has 0 N–H and O–H groups in total. The summed E-state index contributed by atoms with van der Waals surface area (Å²) in [7, 11) is 0.719. The largest absolute Gasteiger partial charge is 0.412 e. The van der Waals surface area contributed by atoms with Crippen molar-refractivity contribution < 1.29 is 4.43 Å². The van der Waals surface area contributed by atoms with Gasteiger partial charge < -0.3 is 4.43 Å². The van der Waals surface area contributed by atoms with Gasteiger partial charge in [-0.1, -0.05) is 19.8 Å². The van der Waals surface area contributed by atoms with E-state index >= 15 is 0 Å². The minimum Gasteiger partial charge on any atom is -0.412 e. The standard InChI is InChI=1S/C8H16OSi/c1-5-8(4,9-10)6-7(2)3/h1,7H,6H2,2-4,10H3. The lowest BCUT2D eigenvalue weighted by Gasteiger charge is -2.24. The Morgan fingerprint density at radius 3 is 2.30 bits per heavy atom. The molecule has 0 amide bonds. The fraction of sp³-hybridized carbons (Fsp3) is 0.750. The molecule has 0 aromatic rings. The van der Waals surface area contributed by atoms with E-state index in [1.54, 1.807) is 0 Å². The first-order chi connectivity index (χ1) is 4.54. The first-order valence-corrected chi connectivity index (χ1v) is 4.38. The highest BCUT2D eigenvalue weighted by molar-refractivity contribution is 5.98. The normalized spacial score (nSPS) is 16.7. The quantitative estimate of drug-likeness (QED) is 0.432. The zero-order valence-corrected chi connectivity index (χ0v) is 9.27. The molecule has 0 bridgehead atoms. The van der Waals surface area contributed by atoms with Gasteiger partial charge in [0, 0.05) is 0 Å². The minimum absolute atomic E-state index is 0.305. The van der Waals surface area contributed by atoms with Crippen molar-refractivity contribution in [1.29, 1.82) is 0 Å². The van der Waals surface area contributed by atoms with Crippen LogP contribution in [0.1, 0.15) is 27.2 Å². The van der Waals surface area contributed by atoms with Crippen molar-refractivity contribution in [1.82, 2.24) is 0 Å². The lowest BCUT2D eigenvalue weighted by atomic mass is 9.95. The second-order valence-electron chi connectivity index (χ2n) is 3.18. The maximum Gasteiger partial charge on any atom is 0.148 e. The summed E-state index contributed by atoms with van der Waals surface area (Å²) < 4.78 is 5.30. The van der Waals surface area contributed by atoms with Crippen LogP contribution in [-0.4, -0.2) is 16.1 Å². The summed E-state index contributed by atoms with van der Waals surface area (Å²) >= 11 is 0. The van der Waals surface area contributed by atoms with Crippen molar-refractivity contribution >= 4 is 10.5 Å². The minimum atomic E-state index is -0.305. The van der Waals surface area contributed by atoms with Crippen LogP contribution >= 0.6 is 0 Å². The Kier molecular flexibility index (Phi) is 3.70. The van der Waals surface area contributed by atoms with Crippen molar-refractivity contribution in [2.24, 2.45) is 5.92 Å². The average molecular weight is 156 g/mol. The molecule has 0 saturated carbocycles. The Hall–Kier alpha value is -0.263. The Morgan fingerprint density at radius 1 is 1.70 bits per heavy atom. The summed E-state index contributed by atoms with van der Waals surface area (Å²) in [5.41, 5.74) is -0.305. The SMILES string of the molecule is C#CC(C)(CC(C)C)O[SiH3]. The van der Waals surface area contributed by atoms with Gasteiger partial charge in [0.25, 0.3) is 0 Å². The molecule has 0 aromatic carbocycles. The van der Waals surface area contributed by atoms with E-state index in [-0.39, 0.29) is 5.60 Å². The van der Waals surface area contributed by atoms with Crippen LogP contribution in [0.25, 0.3) is 0 Å². The van der Waals surface area contributed by atoms with Crippen LogP contribution in [0.2, 0.25) is 0 Å². The van der Waals surface area contributed by atoms with E-state index in [9.17, 15) is 0 Å². The van der Waals surface area contributed by atoms with E-state index < -0.39 is 0 Å². The van der Waals surface area contributed by atoms with E-state index in [2.05, 4.69) is 19.8 Å². The van der Waals surface area contributed by atoms with Crippen LogP contribution in [0.3, 0.4) is 0 Å². The van der Waals surface area contributed by atoms with Gasteiger partial charge in [-0.2, -0.15) is 0 Å². The highest BCUT2D eigenvalue weighted by atomic mass is 28.2. The van der Waals surface area contributed by atoms with E-state index in [1.807, 2.05) is 6.92 Å². The maximum absolute atomic E-state index is 5.31. The molecule has 10 heavy (non-hydrogen) atoms. The Labute approximate surface area is 66.7 Å². The molecule has 0 rings (SSSR count). The highest BCUT2D eigenvalue weighted by Crippen LogP contribution is 2.18. The predicted octanol–water partition coefficient (Wildman–Crippen LogP) is 0.721. The summed E-state index contributed by atoms with van der Waals surface area (Å²) in [6.45, 7) is 6.27. The van der Waals surface area contributed by atoms with Gasteiger partial charge in [-0.15, -0.1) is 6.42 Å². The molecule has 0 aliphatic heterocycles. The molecule has 0 saturated heterocycles. The fourth-order valence-corrected chi connectivity index (χ4v) is 1.26. The van der Waals surface area contributed by atoms with Crippen LogP contribution in [0, 0.1) is 18.3 Å². The van der Waals surface area contributed by atoms with Crippen molar-refractivity contribution in [3.63, 3.8) is 0 Å². The topological polar surface area (TPSA) is 9.23 Å². The summed E-state index contributed by atoms with van der Waals surface area (Å²) in [6.07, 6.45) is 6.26. The fourth-order valence-electron chi connectivity index (χ4n) is 0.980. The van der Waals surface area contributed by atoms with Gasteiger partial charge >= 0.3 is 0 Å². The summed E-state index contributed by atoms with van der Waals surface area (Å²) in [5, 5.41) is 0. The van der Waals surface area contributed by atoms with Crippen LogP contribution in [-0.2, 0) is 4.43 Å². The molecule has 2 heteroatoms. The zero-order valence-electron chi connectivity index (χ0n) is 7.27. The maximum atomic E-state index is 5.31. The molecule has 0 spiro atoms. The van der Waals surface area contributed by atoms with Crippen LogP contribution in [0.4, 0.5) is 0 Å². The Balaban J connectivity index is 3.97. The Morgan fingerprint density at radius 2 is 2.20 bits per heavy atom. The first kappa shape index (κ1) is 9.74. The van der Waals surface area contributed by atoms with E-state index in [0.29, 0.717) is 5.92 Å². The first-order valence-electron chi connectivity index (χ1n) is 3.57. The van der Waals surface area contributed by atoms with Gasteiger partial charge in [-0.25, -0.2) is 0 Å². The van der Waals surface area contributed by atoms with E-state index in [0.717, 1.165) is 16.9 Å². The lowest BCUT2D eigenvalue weighted by molar-refractivity contribution is 0.139. The Bertz CT molecular complexity index is 137. The number of hydrogen-bond acceptors (Lipinski definition) is 1. The smallest absolute Gasteiger partial charge is 0.148 e. The van der Waals surface area contributed by atoms with E-state index in [1.165, 1.54) is 0 Å². The molecule has 58 valence electrons. The summed E-state index contributed by atoms with van der Waals surface area (Å²) in [6, 6.07) is 0. The molecular formula is C8H16OSi. The molecule has 0 aromatic heterocycles. The van der Waals surface area contributed by atoms with Crippen LogP contribution in [0.5, 0.6) is 0 Å². The molecule has 0 aliphatic rings. The second kappa shape index (κ2) is 3.80. The number of terminal acetylenes is 1. The highest BCUT2D eigenvalue weighted by Gasteiger charge is 2.20. The summed E-state index contributed by atoms with van der Waals surface area (Å²) in [4.78, 5) is 0. The monoisotopic (exact) mass is 156 g/mol. The third-order valence-corrected chi connectivity index (χ3v) is 2.45. The van der Waals surface area contributed by atoms with Crippen LogP contribution in [0.15, 0.2) is 0 Å². The van der Waals surface area contributed by atoms with Crippen molar-refractivity contribution in [2.75, 3.05) is 0 Å². The molecular weight excluding hydrogens is 140 g/mol. The molecule has 0 aliphatic carbocycles. The lowest BCUT2D eigenvalue weighted by Crippen LogP contribution is -2.27. The zero-order chi connectivity index (χ0) is 8.20. The summed E-state index contributed by atoms with van der Waals surface area (Å²) in [5.74, 6) is 3.28. The number of rotatable bonds is 3. The van der Waals surface area contributed by atoms with Gasteiger partial charge in [0.15, 0.2) is 0 Å². The van der Waals surface area contributed by atoms with E-state index in [4.69, 9.17) is 10.8 Å². The van der Waals surface area contributed by atoms with Gasteiger partial charge in [0.2, 0.25) is 0 Å². The molecule has 0 heterocycles. The average Bonchev–Trinajstić information content (AvgIpc) is 1.87. The second-order valence-corrected chi connectivity index (χ2v) is 3.59. The molecule has 0 radical (unpaired) electrons. The van der Waals surface area contributed by atoms with Crippen molar-refractivity contribution in [3.8, 4) is 12.3 Å². The third-order valence-electron chi connectivity index (χ3n) is 1.55. The van der Waals surface area contributed by atoms with Crippen molar-refractivity contribution in [3.05, 3.63) is 0 Å². The van der Waals surface area contributed by atoms with Gasteiger partial charge in [-0.05, 0) is 19.3 Å². The predicted molar refractivity (Wildman–Crippen MR) is 47.7 cm³/mol. The molecule has 1 unspecified atom stereocenters.